The van der Waals surface area contributed by atoms with E-state index in [1.807, 2.05) is 0 Å². The molecule has 0 spiro atoms. The molecule has 2 saturated carbocycles. The summed E-state index contributed by atoms with van der Waals surface area (Å²) < 4.78 is 35.8. The van der Waals surface area contributed by atoms with E-state index in [2.05, 4.69) is 10.8 Å². The van der Waals surface area contributed by atoms with E-state index in [0.717, 1.165) is 12.8 Å². The van der Waals surface area contributed by atoms with Crippen molar-refractivity contribution in [3.8, 4) is 17.6 Å². The van der Waals surface area contributed by atoms with E-state index in [1.54, 1.807) is 0 Å². The van der Waals surface area contributed by atoms with Gasteiger partial charge in [0.15, 0.2) is 0 Å². The fraction of sp³-hybridized carbons (Fsp3) is 0.526. The second-order valence-corrected chi connectivity index (χ2v) is 7.03. The first-order chi connectivity index (χ1) is 12.8. The maximum atomic E-state index is 12.8. The van der Waals surface area contributed by atoms with E-state index in [9.17, 15) is 23.6 Å². The van der Waals surface area contributed by atoms with Gasteiger partial charge in [0.2, 0.25) is 5.91 Å². The molecule has 1 aromatic carbocycles. The van der Waals surface area contributed by atoms with Crippen molar-refractivity contribution in [2.24, 2.45) is 11.7 Å². The third kappa shape index (κ3) is 3.46. The first-order valence-corrected chi connectivity index (χ1v) is 8.72. The highest BCUT2D eigenvalue weighted by molar-refractivity contribution is 6.01. The molecule has 2 aliphatic carbocycles. The number of hydrogen-bond acceptors (Lipinski definition) is 5. The van der Waals surface area contributed by atoms with E-state index in [1.165, 1.54) is 19.2 Å². The third-order valence-electron chi connectivity index (χ3n) is 5.37. The van der Waals surface area contributed by atoms with Gasteiger partial charge in [0.1, 0.15) is 17.3 Å². The summed E-state index contributed by atoms with van der Waals surface area (Å²) in [6, 6.07) is 5.15. The van der Waals surface area contributed by atoms with Crippen LogP contribution < -0.4 is 15.2 Å². The molecule has 27 heavy (non-hydrogen) atoms. The number of primary amides is 1. The summed E-state index contributed by atoms with van der Waals surface area (Å²) in [5, 5.41) is 9.94. The number of halogens is 2. The van der Waals surface area contributed by atoms with Gasteiger partial charge in [-0.1, -0.05) is 6.07 Å². The van der Waals surface area contributed by atoms with Crippen molar-refractivity contribution in [2.45, 2.75) is 50.0 Å². The van der Waals surface area contributed by atoms with E-state index >= 15 is 0 Å². The molecule has 2 aliphatic rings. The molecule has 0 aliphatic heterocycles. The first-order valence-electron chi connectivity index (χ1n) is 8.72. The molecule has 8 heteroatoms. The predicted molar refractivity (Wildman–Crippen MR) is 90.4 cm³/mol. The number of methoxy groups -OCH3 is 1. The van der Waals surface area contributed by atoms with Crippen LogP contribution in [0.2, 0.25) is 0 Å². The molecule has 0 saturated heterocycles. The maximum absolute atomic E-state index is 12.8. The van der Waals surface area contributed by atoms with E-state index < -0.39 is 23.9 Å². The van der Waals surface area contributed by atoms with Crippen LogP contribution in [-0.2, 0) is 15.0 Å². The van der Waals surface area contributed by atoms with Gasteiger partial charge in [0.25, 0.3) is 0 Å². The number of alkyl halides is 2. The Hall–Kier alpha value is -2.69. The molecule has 2 N–H and O–H groups in total. The summed E-state index contributed by atoms with van der Waals surface area (Å²) >= 11 is 0. The van der Waals surface area contributed by atoms with Crippen molar-refractivity contribution in [1.29, 1.82) is 5.26 Å². The van der Waals surface area contributed by atoms with Gasteiger partial charge in [-0.05, 0) is 37.7 Å². The lowest BCUT2D eigenvalue weighted by molar-refractivity contribution is -0.134. The second-order valence-electron chi connectivity index (χ2n) is 7.03. The smallest absolute Gasteiger partial charge is 0.387 e. The SMILES string of the molecule is COc1c(C2(C#N)CCC(=O)C(C(N)=O)C2)ccc(OC(F)F)c1C1CC1. The fourth-order valence-corrected chi connectivity index (χ4v) is 3.88. The third-order valence-corrected chi connectivity index (χ3v) is 5.37. The minimum absolute atomic E-state index is 0.0153. The van der Waals surface area contributed by atoms with Crippen LogP contribution in [0.25, 0.3) is 0 Å². The molecule has 144 valence electrons. The average Bonchev–Trinajstić information content (AvgIpc) is 3.46. The van der Waals surface area contributed by atoms with Crippen LogP contribution in [0.5, 0.6) is 11.5 Å². The molecular formula is C19H20F2N2O4. The van der Waals surface area contributed by atoms with Gasteiger partial charge in [0, 0.05) is 17.5 Å². The number of Topliss-reactive ketones (excluding diaryl/α,β-unsaturated/α-hetero) is 1. The quantitative estimate of drug-likeness (QED) is 0.767. The summed E-state index contributed by atoms with van der Waals surface area (Å²) in [6.45, 7) is -2.98. The largest absolute Gasteiger partial charge is 0.496 e. The number of rotatable bonds is 6. The first kappa shape index (κ1) is 19.1. The Morgan fingerprint density at radius 3 is 2.63 bits per heavy atom. The van der Waals surface area contributed by atoms with Crippen LogP contribution in [0.15, 0.2) is 12.1 Å². The molecule has 6 nitrogen and oxygen atoms in total. The van der Waals surface area contributed by atoms with Gasteiger partial charge in [-0.15, -0.1) is 0 Å². The molecule has 1 aromatic rings. The zero-order valence-electron chi connectivity index (χ0n) is 14.8. The monoisotopic (exact) mass is 378 g/mol. The zero-order valence-corrected chi connectivity index (χ0v) is 14.8. The number of benzene rings is 1. The number of carbonyl (C=O) groups is 2. The topological polar surface area (TPSA) is 102 Å². The zero-order chi connectivity index (χ0) is 19.8. The van der Waals surface area contributed by atoms with Crippen molar-refractivity contribution in [1.82, 2.24) is 0 Å². The Bertz CT molecular complexity index is 817. The Morgan fingerprint density at radius 2 is 2.11 bits per heavy atom. The number of ether oxygens (including phenoxy) is 2. The van der Waals surface area contributed by atoms with Gasteiger partial charge in [0.05, 0.1) is 24.5 Å². The Labute approximate surface area is 155 Å². The van der Waals surface area contributed by atoms with Gasteiger partial charge < -0.3 is 15.2 Å². The predicted octanol–water partition coefficient (Wildman–Crippen LogP) is 2.79. The minimum atomic E-state index is -2.98. The van der Waals surface area contributed by atoms with Crippen LogP contribution in [-0.4, -0.2) is 25.4 Å². The van der Waals surface area contributed by atoms with Crippen LogP contribution in [0.4, 0.5) is 8.78 Å². The fourth-order valence-electron chi connectivity index (χ4n) is 3.88. The summed E-state index contributed by atoms with van der Waals surface area (Å²) in [7, 11) is 1.40. The standard InChI is InChI=1S/C19H20F2N2O4/c1-26-16-12(4-5-14(27-18(20)21)15(16)10-2-3-10)19(9-22)7-6-13(24)11(8-19)17(23)25/h4-5,10-11,18H,2-3,6-8H2,1H3,(H2,23,25). The minimum Gasteiger partial charge on any atom is -0.496 e. The Morgan fingerprint density at radius 1 is 1.41 bits per heavy atom. The van der Waals surface area contributed by atoms with Crippen LogP contribution in [0.3, 0.4) is 0 Å². The van der Waals surface area contributed by atoms with Gasteiger partial charge in [-0.25, -0.2) is 0 Å². The van der Waals surface area contributed by atoms with Crippen LogP contribution in [0, 0.1) is 17.2 Å². The Kier molecular flexibility index (Phi) is 5.05. The van der Waals surface area contributed by atoms with E-state index in [4.69, 9.17) is 10.5 Å². The highest BCUT2D eigenvalue weighted by Gasteiger charge is 2.47. The maximum Gasteiger partial charge on any atom is 0.387 e. The summed E-state index contributed by atoms with van der Waals surface area (Å²) in [5.74, 6) is -1.74. The van der Waals surface area contributed by atoms with Crippen LogP contribution in [0.1, 0.15) is 49.1 Å². The number of ketones is 1. The van der Waals surface area contributed by atoms with Crippen molar-refractivity contribution in [3.63, 3.8) is 0 Å². The normalized spacial score (nSPS) is 25.1. The highest BCUT2D eigenvalue weighted by atomic mass is 19.3. The van der Waals surface area contributed by atoms with Gasteiger partial charge >= 0.3 is 6.61 Å². The highest BCUT2D eigenvalue weighted by Crippen LogP contribution is 2.53. The van der Waals surface area contributed by atoms with Gasteiger partial charge in [-0.2, -0.15) is 14.0 Å². The van der Waals surface area contributed by atoms with Crippen molar-refractivity contribution in [3.05, 3.63) is 23.3 Å². The molecule has 0 bridgehead atoms. The number of nitrogens with zero attached hydrogens (tertiary/aromatic N) is 1. The van der Waals surface area contributed by atoms with Crippen molar-refractivity contribution in [2.75, 3.05) is 7.11 Å². The number of nitrogens with two attached hydrogens (primary N) is 1. The molecule has 2 unspecified atom stereocenters. The molecule has 0 aromatic heterocycles. The number of carbonyl (C=O) groups excluding carboxylic acids is 2. The number of hydrogen-bond donors (Lipinski definition) is 1. The second kappa shape index (κ2) is 7.14. The van der Waals surface area contributed by atoms with Crippen molar-refractivity contribution < 1.29 is 27.8 Å². The van der Waals surface area contributed by atoms with E-state index in [-0.39, 0.29) is 36.7 Å². The lowest BCUT2D eigenvalue weighted by Gasteiger charge is -2.35. The van der Waals surface area contributed by atoms with E-state index in [0.29, 0.717) is 16.9 Å². The lowest BCUT2D eigenvalue weighted by Crippen LogP contribution is -2.42. The molecule has 1 amide bonds. The average molecular weight is 378 g/mol. The number of nitriles is 1. The molecular weight excluding hydrogens is 358 g/mol. The lowest BCUT2D eigenvalue weighted by atomic mass is 9.65. The number of amides is 1. The summed E-state index contributed by atoms with van der Waals surface area (Å²) in [5.41, 5.74) is 5.18. The molecule has 0 heterocycles. The molecule has 2 atom stereocenters. The van der Waals surface area contributed by atoms with Gasteiger partial charge in [-0.3, -0.25) is 9.59 Å². The Balaban J connectivity index is 2.12. The summed E-state index contributed by atoms with van der Waals surface area (Å²) in [4.78, 5) is 23.7. The summed E-state index contributed by atoms with van der Waals surface area (Å²) in [6.07, 6.45) is 1.82. The van der Waals surface area contributed by atoms with Crippen molar-refractivity contribution >= 4 is 11.7 Å². The molecule has 2 fully saturated rings. The molecule has 0 radical (unpaired) electrons. The molecule has 3 rings (SSSR count). The van der Waals surface area contributed by atoms with Crippen LogP contribution >= 0.6 is 0 Å².